The van der Waals surface area contributed by atoms with Crippen LogP contribution in [0.15, 0.2) is 34.3 Å². The standard InChI is InChI=1S/C20H28O4S/c1-12(11-25-6)18(22)24-17-8-7-14-9-16(21)15(19(3,4)23)10-20(14,5)13(17)2/h9-11,13,17,23H,7-8H2,1-6H3. The van der Waals surface area contributed by atoms with Gasteiger partial charge in [0.05, 0.1) is 5.60 Å². The molecule has 0 aromatic rings. The molecule has 138 valence electrons. The predicted molar refractivity (Wildman–Crippen MR) is 101 cm³/mol. The van der Waals surface area contributed by atoms with Crippen molar-refractivity contribution in [3.05, 3.63) is 34.3 Å². The molecule has 4 nitrogen and oxygen atoms in total. The van der Waals surface area contributed by atoms with Gasteiger partial charge in [-0.05, 0) is 51.4 Å². The van der Waals surface area contributed by atoms with Crippen LogP contribution in [-0.4, -0.2) is 34.8 Å². The SMILES string of the molecule is CSC=C(C)C(=O)OC1CCC2=CC(=O)C(C(C)(C)O)=CC2(C)C1C. The molecule has 25 heavy (non-hydrogen) atoms. The number of esters is 1. The Morgan fingerprint density at radius 1 is 1.48 bits per heavy atom. The second-order valence-electron chi connectivity index (χ2n) is 7.74. The molecule has 2 rings (SSSR count). The van der Waals surface area contributed by atoms with E-state index in [1.165, 1.54) is 11.8 Å². The van der Waals surface area contributed by atoms with Gasteiger partial charge >= 0.3 is 5.97 Å². The Hall–Kier alpha value is -1.33. The van der Waals surface area contributed by atoms with E-state index in [0.29, 0.717) is 24.0 Å². The monoisotopic (exact) mass is 364 g/mol. The molecule has 0 spiro atoms. The van der Waals surface area contributed by atoms with Gasteiger partial charge in [0.2, 0.25) is 0 Å². The number of ether oxygens (including phenoxy) is 1. The van der Waals surface area contributed by atoms with Crippen LogP contribution in [0.2, 0.25) is 0 Å². The van der Waals surface area contributed by atoms with Crippen LogP contribution in [0.3, 0.4) is 0 Å². The maximum atomic E-state index is 12.4. The van der Waals surface area contributed by atoms with Crippen molar-refractivity contribution in [2.24, 2.45) is 11.3 Å². The lowest BCUT2D eigenvalue weighted by atomic mass is 9.60. The number of carbonyl (C=O) groups is 2. The number of allylic oxidation sites excluding steroid dienone is 3. The zero-order valence-electron chi connectivity index (χ0n) is 15.9. The van der Waals surface area contributed by atoms with Crippen LogP contribution in [0.4, 0.5) is 0 Å². The maximum Gasteiger partial charge on any atom is 0.334 e. The third kappa shape index (κ3) is 3.93. The van der Waals surface area contributed by atoms with Gasteiger partial charge in [-0.15, -0.1) is 11.8 Å². The van der Waals surface area contributed by atoms with Crippen LogP contribution in [-0.2, 0) is 14.3 Å². The van der Waals surface area contributed by atoms with E-state index in [9.17, 15) is 14.7 Å². The van der Waals surface area contributed by atoms with Gasteiger partial charge in [-0.2, -0.15) is 0 Å². The van der Waals surface area contributed by atoms with Gasteiger partial charge in [-0.1, -0.05) is 25.5 Å². The molecule has 1 saturated carbocycles. The normalized spacial score (nSPS) is 30.4. The van der Waals surface area contributed by atoms with Gasteiger partial charge in [-0.25, -0.2) is 4.79 Å². The first-order valence-electron chi connectivity index (χ1n) is 8.62. The molecule has 0 bridgehead atoms. The summed E-state index contributed by atoms with van der Waals surface area (Å²) in [5.74, 6) is -0.397. The molecule has 0 amide bonds. The minimum absolute atomic E-state index is 0.0176. The summed E-state index contributed by atoms with van der Waals surface area (Å²) in [7, 11) is 0. The lowest BCUT2D eigenvalue weighted by Crippen LogP contribution is -2.44. The molecule has 3 atom stereocenters. The van der Waals surface area contributed by atoms with Gasteiger partial charge in [0.1, 0.15) is 6.10 Å². The number of aliphatic hydroxyl groups is 1. The summed E-state index contributed by atoms with van der Waals surface area (Å²) in [5, 5.41) is 12.1. The molecule has 0 radical (unpaired) electrons. The number of rotatable bonds is 4. The van der Waals surface area contributed by atoms with Gasteiger partial charge < -0.3 is 9.84 Å². The predicted octanol–water partition coefficient (Wildman–Crippen LogP) is 3.81. The zero-order valence-corrected chi connectivity index (χ0v) is 16.7. The van der Waals surface area contributed by atoms with E-state index in [0.717, 1.165) is 5.57 Å². The third-order valence-electron chi connectivity index (χ3n) is 5.44. The number of fused-ring (bicyclic) bond motifs is 1. The van der Waals surface area contributed by atoms with Crippen molar-refractivity contribution in [2.75, 3.05) is 6.26 Å². The summed E-state index contributed by atoms with van der Waals surface area (Å²) in [6, 6.07) is 0. The van der Waals surface area contributed by atoms with Gasteiger partial charge in [0.25, 0.3) is 0 Å². The summed E-state index contributed by atoms with van der Waals surface area (Å²) >= 11 is 1.47. The van der Waals surface area contributed by atoms with E-state index in [1.54, 1.807) is 32.3 Å². The largest absolute Gasteiger partial charge is 0.459 e. The molecule has 0 aromatic heterocycles. The first kappa shape index (κ1) is 20.0. The van der Waals surface area contributed by atoms with Crippen LogP contribution in [0.1, 0.15) is 47.5 Å². The Kier molecular flexibility index (Phi) is 5.69. The molecule has 0 aromatic carbocycles. The van der Waals surface area contributed by atoms with E-state index in [-0.39, 0.29) is 23.8 Å². The lowest BCUT2D eigenvalue weighted by molar-refractivity contribution is -0.150. The number of hydrogen-bond donors (Lipinski definition) is 1. The van der Waals surface area contributed by atoms with Crippen molar-refractivity contribution in [2.45, 2.75) is 59.2 Å². The summed E-state index contributed by atoms with van der Waals surface area (Å²) in [6.07, 6.45) is 6.67. The Morgan fingerprint density at radius 3 is 2.68 bits per heavy atom. The summed E-state index contributed by atoms with van der Waals surface area (Å²) in [4.78, 5) is 24.6. The molecular formula is C20H28O4S. The van der Waals surface area contributed by atoms with E-state index in [1.807, 2.05) is 19.3 Å². The van der Waals surface area contributed by atoms with Crippen molar-refractivity contribution < 1.29 is 19.4 Å². The van der Waals surface area contributed by atoms with Crippen LogP contribution >= 0.6 is 11.8 Å². The highest BCUT2D eigenvalue weighted by atomic mass is 32.2. The van der Waals surface area contributed by atoms with Crippen LogP contribution in [0.25, 0.3) is 0 Å². The molecular weight excluding hydrogens is 336 g/mol. The summed E-state index contributed by atoms with van der Waals surface area (Å²) in [5.41, 5.74) is 0.475. The minimum atomic E-state index is -1.19. The minimum Gasteiger partial charge on any atom is -0.459 e. The summed E-state index contributed by atoms with van der Waals surface area (Å²) in [6.45, 7) is 9.12. The molecule has 2 aliphatic carbocycles. The molecule has 0 aliphatic heterocycles. The molecule has 1 N–H and O–H groups in total. The van der Waals surface area contributed by atoms with Crippen molar-refractivity contribution in [1.29, 1.82) is 0 Å². The van der Waals surface area contributed by atoms with Crippen LogP contribution in [0, 0.1) is 11.3 Å². The van der Waals surface area contributed by atoms with Gasteiger partial charge in [0, 0.05) is 22.5 Å². The first-order valence-corrected chi connectivity index (χ1v) is 9.91. The Morgan fingerprint density at radius 2 is 2.12 bits per heavy atom. The van der Waals surface area contributed by atoms with E-state index < -0.39 is 11.0 Å². The van der Waals surface area contributed by atoms with Crippen molar-refractivity contribution in [3.8, 4) is 0 Å². The van der Waals surface area contributed by atoms with E-state index in [2.05, 4.69) is 6.92 Å². The van der Waals surface area contributed by atoms with Gasteiger partial charge in [-0.3, -0.25) is 4.79 Å². The van der Waals surface area contributed by atoms with Crippen LogP contribution in [0.5, 0.6) is 0 Å². The number of carbonyl (C=O) groups excluding carboxylic acids is 2. The third-order valence-corrected chi connectivity index (χ3v) is 6.03. The number of hydrogen-bond acceptors (Lipinski definition) is 5. The Labute approximate surface area is 154 Å². The van der Waals surface area contributed by atoms with Crippen molar-refractivity contribution >= 4 is 23.5 Å². The highest BCUT2D eigenvalue weighted by molar-refractivity contribution is 8.01. The fraction of sp³-hybridized carbons (Fsp3) is 0.600. The first-order chi connectivity index (χ1) is 11.5. The Balaban J connectivity index is 2.30. The fourth-order valence-electron chi connectivity index (χ4n) is 3.65. The fourth-order valence-corrected chi connectivity index (χ4v) is 4.10. The number of thioether (sulfide) groups is 1. The zero-order chi connectivity index (χ0) is 19.0. The smallest absolute Gasteiger partial charge is 0.334 e. The van der Waals surface area contributed by atoms with E-state index in [4.69, 9.17) is 4.74 Å². The lowest BCUT2D eigenvalue weighted by Gasteiger charge is -2.46. The molecule has 1 fully saturated rings. The van der Waals surface area contributed by atoms with Gasteiger partial charge in [0.15, 0.2) is 5.78 Å². The van der Waals surface area contributed by atoms with Crippen molar-refractivity contribution in [3.63, 3.8) is 0 Å². The Bertz CT molecular complexity index is 666. The summed E-state index contributed by atoms with van der Waals surface area (Å²) < 4.78 is 5.76. The number of ketones is 1. The second-order valence-corrected chi connectivity index (χ2v) is 8.45. The molecule has 0 saturated heterocycles. The topological polar surface area (TPSA) is 63.6 Å². The average molecular weight is 365 g/mol. The quantitative estimate of drug-likeness (QED) is 0.607. The molecule has 2 aliphatic rings. The molecule has 0 heterocycles. The van der Waals surface area contributed by atoms with Crippen molar-refractivity contribution in [1.82, 2.24) is 0 Å². The molecule has 3 unspecified atom stereocenters. The highest BCUT2D eigenvalue weighted by Gasteiger charge is 2.47. The molecule has 5 heteroatoms. The second kappa shape index (κ2) is 7.12. The average Bonchev–Trinajstić information content (AvgIpc) is 2.51. The van der Waals surface area contributed by atoms with Crippen LogP contribution < -0.4 is 0 Å². The highest BCUT2D eigenvalue weighted by Crippen LogP contribution is 2.50. The maximum absolute atomic E-state index is 12.4. The van der Waals surface area contributed by atoms with E-state index >= 15 is 0 Å².